The normalized spacial score (nSPS) is 12.1. The van der Waals surface area contributed by atoms with Crippen LogP contribution in [0.1, 0.15) is 11.8 Å². The van der Waals surface area contributed by atoms with E-state index in [1.807, 2.05) is 24.3 Å². The van der Waals surface area contributed by atoms with E-state index in [9.17, 15) is 4.79 Å². The van der Waals surface area contributed by atoms with E-state index in [1.54, 1.807) is 11.3 Å². The second kappa shape index (κ2) is 7.57. The Labute approximate surface area is 131 Å². The average Bonchev–Trinajstić information content (AvgIpc) is 2.90. The van der Waals surface area contributed by atoms with Gasteiger partial charge in [-0.2, -0.15) is 0 Å². The third-order valence-corrected chi connectivity index (χ3v) is 4.39. The fourth-order valence-electron chi connectivity index (χ4n) is 1.97. The lowest BCUT2D eigenvalue weighted by atomic mass is 10.3. The summed E-state index contributed by atoms with van der Waals surface area (Å²) < 4.78 is 0.966. The number of benzene rings is 1. The van der Waals surface area contributed by atoms with Crippen LogP contribution >= 0.6 is 27.3 Å². The van der Waals surface area contributed by atoms with Crippen LogP contribution in [0.15, 0.2) is 46.3 Å². The standard InChI is InChI=1S/C15H17BrN2OS/c1-2-18(10-14-7-4-8-20-14)11-15(19)17-13-6-3-5-12(16)9-13/h3-9H,2,10-11H2,1H3,(H,17,19)/p+1. The van der Waals surface area contributed by atoms with Crippen molar-refractivity contribution in [1.82, 2.24) is 0 Å². The van der Waals surface area contributed by atoms with E-state index in [4.69, 9.17) is 0 Å². The molecule has 0 aliphatic heterocycles. The van der Waals surface area contributed by atoms with Gasteiger partial charge in [0.25, 0.3) is 5.91 Å². The fraction of sp³-hybridized carbons (Fsp3) is 0.267. The van der Waals surface area contributed by atoms with E-state index in [2.05, 4.69) is 45.7 Å². The van der Waals surface area contributed by atoms with Crippen LogP contribution in [-0.4, -0.2) is 19.0 Å². The monoisotopic (exact) mass is 353 g/mol. The number of quaternary nitrogens is 1. The van der Waals surface area contributed by atoms with Gasteiger partial charge in [0.15, 0.2) is 6.54 Å². The van der Waals surface area contributed by atoms with Crippen molar-refractivity contribution in [2.24, 2.45) is 0 Å². The van der Waals surface area contributed by atoms with Crippen molar-refractivity contribution in [2.75, 3.05) is 18.4 Å². The number of likely N-dealkylation sites (N-methyl/N-ethyl adjacent to an activating group) is 1. The topological polar surface area (TPSA) is 33.5 Å². The molecule has 5 heteroatoms. The summed E-state index contributed by atoms with van der Waals surface area (Å²) in [6.07, 6.45) is 0. The molecule has 2 rings (SSSR count). The number of thiophene rings is 1. The lowest BCUT2D eigenvalue weighted by Crippen LogP contribution is -3.11. The fourth-order valence-corrected chi connectivity index (χ4v) is 3.15. The van der Waals surface area contributed by atoms with Gasteiger partial charge in [0.05, 0.1) is 11.4 Å². The third kappa shape index (κ3) is 4.74. The van der Waals surface area contributed by atoms with E-state index >= 15 is 0 Å². The van der Waals surface area contributed by atoms with Crippen LogP contribution in [0.25, 0.3) is 0 Å². The molecule has 0 fully saturated rings. The van der Waals surface area contributed by atoms with E-state index in [0.717, 1.165) is 23.2 Å². The van der Waals surface area contributed by atoms with Crippen LogP contribution in [0.3, 0.4) is 0 Å². The first-order valence-electron chi connectivity index (χ1n) is 6.58. The van der Waals surface area contributed by atoms with Crippen LogP contribution in [0.2, 0.25) is 0 Å². The van der Waals surface area contributed by atoms with Crippen molar-refractivity contribution in [3.63, 3.8) is 0 Å². The molecule has 0 saturated carbocycles. The predicted molar refractivity (Wildman–Crippen MR) is 87.2 cm³/mol. The lowest BCUT2D eigenvalue weighted by molar-refractivity contribution is -0.903. The summed E-state index contributed by atoms with van der Waals surface area (Å²) in [6.45, 7) is 4.43. The van der Waals surface area contributed by atoms with Gasteiger partial charge in [-0.15, -0.1) is 11.3 Å². The highest BCUT2D eigenvalue weighted by atomic mass is 79.9. The van der Waals surface area contributed by atoms with Crippen molar-refractivity contribution in [3.8, 4) is 0 Å². The Balaban J connectivity index is 1.89. The molecular formula is C15H18BrN2OS+. The molecule has 0 spiro atoms. The smallest absolute Gasteiger partial charge is 0.279 e. The van der Waals surface area contributed by atoms with E-state index in [0.29, 0.717) is 6.54 Å². The van der Waals surface area contributed by atoms with Gasteiger partial charge in [0, 0.05) is 10.2 Å². The van der Waals surface area contributed by atoms with Crippen molar-refractivity contribution in [1.29, 1.82) is 0 Å². The zero-order chi connectivity index (χ0) is 14.4. The summed E-state index contributed by atoms with van der Waals surface area (Å²) >= 11 is 5.14. The Morgan fingerprint density at radius 1 is 1.35 bits per heavy atom. The summed E-state index contributed by atoms with van der Waals surface area (Å²) in [7, 11) is 0. The van der Waals surface area contributed by atoms with Crippen molar-refractivity contribution < 1.29 is 9.69 Å². The molecule has 2 aromatic rings. The minimum Gasteiger partial charge on any atom is -0.323 e. The Hall–Kier alpha value is -1.17. The first-order valence-corrected chi connectivity index (χ1v) is 8.26. The minimum absolute atomic E-state index is 0.0523. The second-order valence-corrected chi connectivity index (χ2v) is 6.54. The number of carbonyl (C=O) groups is 1. The van der Waals surface area contributed by atoms with Crippen LogP contribution in [0.5, 0.6) is 0 Å². The molecular weight excluding hydrogens is 336 g/mol. The lowest BCUT2D eigenvalue weighted by Gasteiger charge is -2.16. The highest BCUT2D eigenvalue weighted by Crippen LogP contribution is 2.15. The Morgan fingerprint density at radius 3 is 2.85 bits per heavy atom. The molecule has 1 amide bonds. The van der Waals surface area contributed by atoms with Gasteiger partial charge in [0.2, 0.25) is 0 Å². The maximum atomic E-state index is 12.1. The zero-order valence-electron chi connectivity index (χ0n) is 11.4. The first-order chi connectivity index (χ1) is 9.67. The van der Waals surface area contributed by atoms with Gasteiger partial charge in [-0.1, -0.05) is 28.1 Å². The number of hydrogen-bond donors (Lipinski definition) is 2. The molecule has 2 N–H and O–H groups in total. The molecule has 20 heavy (non-hydrogen) atoms. The van der Waals surface area contributed by atoms with E-state index < -0.39 is 0 Å². The first kappa shape index (κ1) is 15.2. The van der Waals surface area contributed by atoms with Gasteiger partial charge < -0.3 is 10.2 Å². The molecule has 0 radical (unpaired) electrons. The number of nitrogens with one attached hydrogen (secondary N) is 2. The molecule has 0 aliphatic carbocycles. The quantitative estimate of drug-likeness (QED) is 0.821. The molecule has 3 nitrogen and oxygen atoms in total. The minimum atomic E-state index is 0.0523. The van der Waals surface area contributed by atoms with Crippen LogP contribution in [0, 0.1) is 0 Å². The molecule has 1 unspecified atom stereocenters. The Morgan fingerprint density at radius 2 is 2.20 bits per heavy atom. The average molecular weight is 354 g/mol. The molecule has 1 atom stereocenters. The summed E-state index contributed by atoms with van der Waals surface area (Å²) in [4.78, 5) is 14.7. The largest absolute Gasteiger partial charge is 0.323 e. The number of hydrogen-bond acceptors (Lipinski definition) is 2. The summed E-state index contributed by atoms with van der Waals surface area (Å²) in [5.74, 6) is 0.0523. The van der Waals surface area contributed by atoms with Crippen LogP contribution in [0.4, 0.5) is 5.69 Å². The van der Waals surface area contributed by atoms with Gasteiger partial charge in [-0.05, 0) is 36.6 Å². The summed E-state index contributed by atoms with van der Waals surface area (Å²) in [5.41, 5.74) is 0.830. The van der Waals surface area contributed by atoms with Crippen LogP contribution in [-0.2, 0) is 11.3 Å². The predicted octanol–water partition coefficient (Wildman–Crippen LogP) is 2.55. The van der Waals surface area contributed by atoms with Crippen LogP contribution < -0.4 is 10.2 Å². The zero-order valence-corrected chi connectivity index (χ0v) is 13.8. The SMILES string of the molecule is CC[NH+](CC(=O)Nc1cccc(Br)c1)Cc1cccs1. The molecule has 0 aliphatic rings. The van der Waals surface area contributed by atoms with Gasteiger partial charge in [0.1, 0.15) is 6.54 Å². The summed E-state index contributed by atoms with van der Waals surface area (Å²) in [6, 6.07) is 11.8. The van der Waals surface area contributed by atoms with Crippen molar-refractivity contribution in [2.45, 2.75) is 13.5 Å². The number of rotatable bonds is 6. The second-order valence-electron chi connectivity index (χ2n) is 4.59. The van der Waals surface area contributed by atoms with Gasteiger partial charge in [-0.3, -0.25) is 4.79 Å². The molecule has 106 valence electrons. The molecule has 1 aromatic carbocycles. The number of amides is 1. The molecule has 0 bridgehead atoms. The van der Waals surface area contributed by atoms with Crippen molar-refractivity contribution >= 4 is 38.9 Å². The van der Waals surface area contributed by atoms with E-state index in [-0.39, 0.29) is 5.91 Å². The Kier molecular flexibility index (Phi) is 5.76. The Bertz CT molecular complexity index is 557. The molecule has 0 saturated heterocycles. The van der Waals surface area contributed by atoms with Gasteiger partial charge in [-0.25, -0.2) is 0 Å². The number of halogens is 1. The maximum absolute atomic E-state index is 12.1. The van der Waals surface area contributed by atoms with Gasteiger partial charge >= 0.3 is 0 Å². The highest BCUT2D eigenvalue weighted by Gasteiger charge is 2.13. The molecule has 1 heterocycles. The van der Waals surface area contributed by atoms with Crippen molar-refractivity contribution in [3.05, 3.63) is 51.1 Å². The number of carbonyl (C=O) groups excluding carboxylic acids is 1. The van der Waals surface area contributed by atoms with E-state index in [1.165, 1.54) is 9.78 Å². The highest BCUT2D eigenvalue weighted by molar-refractivity contribution is 9.10. The molecule has 1 aromatic heterocycles. The summed E-state index contributed by atoms with van der Waals surface area (Å²) in [5, 5.41) is 5.01. The maximum Gasteiger partial charge on any atom is 0.279 e. The third-order valence-electron chi connectivity index (χ3n) is 3.02. The number of anilines is 1.